The Labute approximate surface area is 198 Å². The van der Waals surface area contributed by atoms with Crippen LogP contribution in [0, 0.1) is 17.8 Å². The summed E-state index contributed by atoms with van der Waals surface area (Å²) < 4.78 is 4.70. The van der Waals surface area contributed by atoms with Gasteiger partial charge in [0.2, 0.25) is 5.91 Å². The molecule has 0 radical (unpaired) electrons. The van der Waals surface area contributed by atoms with Gasteiger partial charge in [0.15, 0.2) is 0 Å². The number of H-pyrrole nitrogens is 1. The lowest BCUT2D eigenvalue weighted by Gasteiger charge is -2.29. The molecule has 3 N–H and O–H groups in total. The second-order valence-corrected chi connectivity index (χ2v) is 8.70. The van der Waals surface area contributed by atoms with Crippen molar-refractivity contribution in [1.82, 2.24) is 20.2 Å². The summed E-state index contributed by atoms with van der Waals surface area (Å²) >= 11 is 0. The van der Waals surface area contributed by atoms with Crippen molar-refractivity contribution in [2.45, 2.75) is 38.8 Å². The van der Waals surface area contributed by atoms with Crippen LogP contribution in [0.25, 0.3) is 11.0 Å². The number of phenols is 1. The number of likely N-dealkylation sites (tertiary alicyclic amines) is 1. The highest BCUT2D eigenvalue weighted by molar-refractivity contribution is 5.86. The Balaban J connectivity index is 1.56. The van der Waals surface area contributed by atoms with Gasteiger partial charge in [0.05, 0.1) is 24.2 Å². The number of methoxy groups -OCH3 is 1. The zero-order valence-electron chi connectivity index (χ0n) is 19.5. The van der Waals surface area contributed by atoms with Gasteiger partial charge in [0.1, 0.15) is 17.6 Å². The Morgan fingerprint density at radius 1 is 1.18 bits per heavy atom. The fourth-order valence-corrected chi connectivity index (χ4v) is 4.15. The number of hydrogen-bond acceptors (Lipinski definition) is 5. The molecule has 2 aromatic carbocycles. The molecule has 0 spiro atoms. The molecule has 2 atom stereocenters. The maximum atomic E-state index is 13.3. The fraction of sp³-hybridized carbons (Fsp3) is 0.346. The number of amides is 2. The summed E-state index contributed by atoms with van der Waals surface area (Å²) in [5.74, 6) is 6.93. The van der Waals surface area contributed by atoms with E-state index in [-0.39, 0.29) is 23.6 Å². The molecule has 1 aliphatic rings. The first kappa shape index (κ1) is 23.2. The van der Waals surface area contributed by atoms with Crippen molar-refractivity contribution in [2.24, 2.45) is 5.92 Å². The number of carbonyl (C=O) groups excluding carboxylic acids is 2. The molecule has 0 bridgehead atoms. The second kappa shape index (κ2) is 9.87. The van der Waals surface area contributed by atoms with E-state index >= 15 is 0 Å². The van der Waals surface area contributed by atoms with E-state index in [1.165, 1.54) is 7.11 Å². The molecule has 1 fully saturated rings. The number of carbonyl (C=O) groups is 2. The maximum absolute atomic E-state index is 13.3. The third kappa shape index (κ3) is 4.99. The number of benzene rings is 2. The van der Waals surface area contributed by atoms with Crippen molar-refractivity contribution in [3.63, 3.8) is 0 Å². The Kier molecular flexibility index (Phi) is 6.73. The molecule has 0 aliphatic carbocycles. The Hall–Kier alpha value is -3.99. The first-order valence-corrected chi connectivity index (χ1v) is 11.3. The number of aromatic nitrogens is 2. The van der Waals surface area contributed by atoms with E-state index < -0.39 is 12.1 Å². The summed E-state index contributed by atoms with van der Waals surface area (Å²) in [6, 6.07) is 11.6. The number of alkyl carbamates (subject to hydrolysis) is 1. The molecule has 0 saturated carbocycles. The molecule has 34 heavy (non-hydrogen) atoms. The van der Waals surface area contributed by atoms with Crippen LogP contribution < -0.4 is 5.32 Å². The van der Waals surface area contributed by atoms with Crippen LogP contribution in [-0.2, 0) is 9.53 Å². The molecule has 8 nitrogen and oxygen atoms in total. The smallest absolute Gasteiger partial charge is 0.407 e. The van der Waals surface area contributed by atoms with E-state index in [2.05, 4.69) is 22.1 Å². The normalized spacial score (nSPS) is 16.2. The molecule has 3 aromatic rings. The van der Waals surface area contributed by atoms with E-state index in [1.807, 2.05) is 32.0 Å². The van der Waals surface area contributed by atoms with E-state index in [4.69, 9.17) is 9.72 Å². The molecule has 1 aliphatic heterocycles. The maximum Gasteiger partial charge on any atom is 0.407 e. The highest BCUT2D eigenvalue weighted by Gasteiger charge is 2.37. The number of fused-ring (bicyclic) bond motifs is 1. The van der Waals surface area contributed by atoms with E-state index in [9.17, 15) is 14.7 Å². The number of aromatic amines is 1. The second-order valence-electron chi connectivity index (χ2n) is 8.70. The summed E-state index contributed by atoms with van der Waals surface area (Å²) in [5, 5.41) is 12.1. The lowest BCUT2D eigenvalue weighted by Crippen LogP contribution is -2.51. The minimum absolute atomic E-state index is 0.0850. The highest BCUT2D eigenvalue weighted by Crippen LogP contribution is 2.32. The summed E-state index contributed by atoms with van der Waals surface area (Å²) in [6.45, 7) is 4.40. The summed E-state index contributed by atoms with van der Waals surface area (Å²) in [6.07, 6.45) is 1.04. The van der Waals surface area contributed by atoms with Gasteiger partial charge in [-0.15, -0.1) is 0 Å². The minimum atomic E-state index is -0.667. The standard InChI is InChI=1S/C26H28N4O4/c1-16(2)23(29-26(33)34-3)25(32)30-14-4-5-22(30)24-27-20-13-10-18(15-21(20)28-24)7-6-17-8-11-19(31)12-9-17/h8-13,15-16,22-23,31H,4-5,14H2,1-3H3,(H,27,28)(H,29,33)/t22-,23-/m0/s1. The molecular formula is C26H28N4O4. The molecule has 2 heterocycles. The lowest BCUT2D eigenvalue weighted by molar-refractivity contribution is -0.135. The topological polar surface area (TPSA) is 108 Å². The van der Waals surface area contributed by atoms with Gasteiger partial charge >= 0.3 is 6.09 Å². The first-order chi connectivity index (χ1) is 16.4. The van der Waals surface area contributed by atoms with Crippen molar-refractivity contribution in [1.29, 1.82) is 0 Å². The number of nitrogens with zero attached hydrogens (tertiary/aromatic N) is 2. The average Bonchev–Trinajstić information content (AvgIpc) is 3.48. The molecular weight excluding hydrogens is 432 g/mol. The first-order valence-electron chi connectivity index (χ1n) is 11.3. The van der Waals surface area contributed by atoms with Crippen molar-refractivity contribution < 1.29 is 19.4 Å². The van der Waals surface area contributed by atoms with Crippen LogP contribution in [0.3, 0.4) is 0 Å². The quantitative estimate of drug-likeness (QED) is 0.515. The Bertz CT molecular complexity index is 1250. The third-order valence-corrected chi connectivity index (χ3v) is 5.96. The molecule has 4 rings (SSSR count). The Morgan fingerprint density at radius 3 is 2.59 bits per heavy atom. The SMILES string of the molecule is COC(=O)N[C@H](C(=O)N1CCC[C@H]1c1nc2ccc(C#Cc3ccc(O)cc3)cc2[nH]1)C(C)C. The predicted octanol–water partition coefficient (Wildman–Crippen LogP) is 3.71. The number of aromatic hydroxyl groups is 1. The monoisotopic (exact) mass is 460 g/mol. The van der Waals surface area contributed by atoms with Crippen molar-refractivity contribution >= 4 is 23.0 Å². The van der Waals surface area contributed by atoms with Crippen LogP contribution >= 0.6 is 0 Å². The van der Waals surface area contributed by atoms with Gasteiger partial charge in [0.25, 0.3) is 0 Å². The van der Waals surface area contributed by atoms with Crippen LogP contribution in [0.15, 0.2) is 42.5 Å². The van der Waals surface area contributed by atoms with Gasteiger partial charge < -0.3 is 25.0 Å². The average molecular weight is 461 g/mol. The predicted molar refractivity (Wildman–Crippen MR) is 128 cm³/mol. The zero-order valence-corrected chi connectivity index (χ0v) is 19.5. The highest BCUT2D eigenvalue weighted by atomic mass is 16.5. The van der Waals surface area contributed by atoms with Gasteiger partial charge in [-0.25, -0.2) is 9.78 Å². The van der Waals surface area contributed by atoms with E-state index in [0.29, 0.717) is 6.54 Å². The zero-order chi connectivity index (χ0) is 24.2. The molecule has 1 saturated heterocycles. The molecule has 2 amide bonds. The number of rotatable bonds is 4. The van der Waals surface area contributed by atoms with Crippen molar-refractivity contribution in [2.75, 3.05) is 13.7 Å². The number of imidazole rings is 1. The lowest BCUT2D eigenvalue weighted by atomic mass is 10.0. The van der Waals surface area contributed by atoms with Crippen LogP contribution in [0.2, 0.25) is 0 Å². The molecule has 176 valence electrons. The molecule has 1 aromatic heterocycles. The van der Waals surface area contributed by atoms with Crippen molar-refractivity contribution in [3.05, 3.63) is 59.4 Å². The van der Waals surface area contributed by atoms with E-state index in [0.717, 1.165) is 40.8 Å². The molecule has 0 unspecified atom stereocenters. The summed E-state index contributed by atoms with van der Waals surface area (Å²) in [4.78, 5) is 35.0. The van der Waals surface area contributed by atoms with Crippen LogP contribution in [0.1, 0.15) is 49.7 Å². The van der Waals surface area contributed by atoms with Gasteiger partial charge in [-0.05, 0) is 61.2 Å². The number of phenolic OH excluding ortho intramolecular Hbond substituents is 1. The van der Waals surface area contributed by atoms with Crippen LogP contribution in [-0.4, -0.2) is 51.7 Å². The fourth-order valence-electron chi connectivity index (χ4n) is 4.15. The minimum Gasteiger partial charge on any atom is -0.508 e. The van der Waals surface area contributed by atoms with Crippen molar-refractivity contribution in [3.8, 4) is 17.6 Å². The Morgan fingerprint density at radius 2 is 1.88 bits per heavy atom. The summed E-state index contributed by atoms with van der Waals surface area (Å²) in [7, 11) is 1.29. The number of nitrogens with one attached hydrogen (secondary N) is 2. The summed E-state index contributed by atoms with van der Waals surface area (Å²) in [5.41, 5.74) is 3.29. The third-order valence-electron chi connectivity index (χ3n) is 5.96. The van der Waals surface area contributed by atoms with Crippen LogP contribution in [0.4, 0.5) is 4.79 Å². The van der Waals surface area contributed by atoms with Gasteiger partial charge in [-0.2, -0.15) is 0 Å². The number of ether oxygens (including phenoxy) is 1. The largest absolute Gasteiger partial charge is 0.508 e. The van der Waals surface area contributed by atoms with E-state index in [1.54, 1.807) is 29.2 Å². The molecule has 8 heteroatoms. The number of hydrogen-bond donors (Lipinski definition) is 3. The van der Waals surface area contributed by atoms with Gasteiger partial charge in [-0.1, -0.05) is 25.7 Å². The van der Waals surface area contributed by atoms with Crippen LogP contribution in [0.5, 0.6) is 5.75 Å². The van der Waals surface area contributed by atoms with Gasteiger partial charge in [0, 0.05) is 17.7 Å². The van der Waals surface area contributed by atoms with Gasteiger partial charge in [-0.3, -0.25) is 4.79 Å².